The van der Waals surface area contributed by atoms with Crippen LogP contribution in [0.25, 0.3) is 11.3 Å². The number of alkyl halides is 3. The molecule has 0 fully saturated rings. The molecule has 0 radical (unpaired) electrons. The summed E-state index contributed by atoms with van der Waals surface area (Å²) < 4.78 is 50.0. The van der Waals surface area contributed by atoms with Crippen LogP contribution in [-0.4, -0.2) is 33.4 Å². The van der Waals surface area contributed by atoms with E-state index in [9.17, 15) is 27.9 Å². The first-order chi connectivity index (χ1) is 19.1. The minimum Gasteiger partial charge on any atom is -0.493 e. The van der Waals surface area contributed by atoms with Gasteiger partial charge in [-0.05, 0) is 55.0 Å². The van der Waals surface area contributed by atoms with E-state index in [1.165, 1.54) is 24.4 Å². The highest BCUT2D eigenvalue weighted by Crippen LogP contribution is 2.42. The first-order valence-electron chi connectivity index (χ1n) is 12.1. The van der Waals surface area contributed by atoms with Crippen molar-refractivity contribution >= 4 is 23.4 Å². The second-order valence-electron chi connectivity index (χ2n) is 9.01. The summed E-state index contributed by atoms with van der Waals surface area (Å²) in [5.74, 6) is -0.641. The third-order valence-electron chi connectivity index (χ3n) is 6.34. The minimum absolute atomic E-state index is 0.118. The molecule has 2 heterocycles. The molecule has 1 aromatic heterocycles. The SMILES string of the molecule is O=C(Cc1nccc(-c2ccc(C(F)(F)F)cc2)n1)c1ccc(Oc2cc3c(cc2Cl)C(C(=O)O)CCO3)cc1. The molecule has 40 heavy (non-hydrogen) atoms. The van der Waals surface area contributed by atoms with Crippen molar-refractivity contribution in [2.45, 2.75) is 24.9 Å². The summed E-state index contributed by atoms with van der Waals surface area (Å²) in [6.07, 6.45) is -2.76. The lowest BCUT2D eigenvalue weighted by atomic mass is 9.93. The third kappa shape index (κ3) is 5.91. The molecular formula is C29H20ClF3N2O5. The zero-order chi connectivity index (χ0) is 28.4. The first kappa shape index (κ1) is 27.1. The lowest BCUT2D eigenvalue weighted by Crippen LogP contribution is -2.20. The van der Waals surface area contributed by atoms with Crippen molar-refractivity contribution < 1.29 is 37.3 Å². The molecule has 0 bridgehead atoms. The fourth-order valence-electron chi connectivity index (χ4n) is 4.28. The Hall–Kier alpha value is -4.44. The van der Waals surface area contributed by atoms with Gasteiger partial charge in [0.25, 0.3) is 0 Å². The van der Waals surface area contributed by atoms with E-state index in [1.807, 2.05) is 0 Å². The molecule has 0 saturated heterocycles. The van der Waals surface area contributed by atoms with Crippen LogP contribution in [0, 0.1) is 0 Å². The van der Waals surface area contributed by atoms with E-state index < -0.39 is 23.6 Å². The predicted octanol–water partition coefficient (Wildman–Crippen LogP) is 6.98. The van der Waals surface area contributed by atoms with E-state index in [1.54, 1.807) is 36.4 Å². The van der Waals surface area contributed by atoms with Gasteiger partial charge in [-0.15, -0.1) is 0 Å². The number of ether oxygens (including phenoxy) is 2. The number of ketones is 1. The van der Waals surface area contributed by atoms with Crippen LogP contribution in [0.3, 0.4) is 0 Å². The molecule has 3 aromatic carbocycles. The molecule has 1 aliphatic heterocycles. The minimum atomic E-state index is -4.44. The Morgan fingerprint density at radius 3 is 2.45 bits per heavy atom. The molecule has 0 spiro atoms. The average Bonchev–Trinajstić information content (AvgIpc) is 2.93. The van der Waals surface area contributed by atoms with Crippen LogP contribution in [0.1, 0.15) is 39.6 Å². The molecule has 1 atom stereocenters. The number of carboxylic acid groups (broad SMARTS) is 1. The van der Waals surface area contributed by atoms with Crippen molar-refractivity contribution in [2.24, 2.45) is 0 Å². The van der Waals surface area contributed by atoms with Crippen LogP contribution in [0.2, 0.25) is 5.02 Å². The molecule has 204 valence electrons. The van der Waals surface area contributed by atoms with E-state index in [4.69, 9.17) is 21.1 Å². The van der Waals surface area contributed by atoms with Crippen molar-refractivity contribution in [3.8, 4) is 28.5 Å². The second kappa shape index (κ2) is 11.0. The van der Waals surface area contributed by atoms with Crippen molar-refractivity contribution in [1.29, 1.82) is 0 Å². The summed E-state index contributed by atoms with van der Waals surface area (Å²) in [7, 11) is 0. The number of hydrogen-bond donors (Lipinski definition) is 1. The Labute approximate surface area is 231 Å². The number of aromatic nitrogens is 2. The van der Waals surface area contributed by atoms with Gasteiger partial charge >= 0.3 is 12.1 Å². The Bertz CT molecular complexity index is 1570. The summed E-state index contributed by atoms with van der Waals surface area (Å²) in [4.78, 5) is 32.8. The van der Waals surface area contributed by atoms with Gasteiger partial charge in [0.05, 0.1) is 35.2 Å². The van der Waals surface area contributed by atoms with Gasteiger partial charge in [-0.2, -0.15) is 13.2 Å². The van der Waals surface area contributed by atoms with E-state index >= 15 is 0 Å². The summed E-state index contributed by atoms with van der Waals surface area (Å²) >= 11 is 6.35. The van der Waals surface area contributed by atoms with Crippen LogP contribution in [-0.2, 0) is 17.4 Å². The van der Waals surface area contributed by atoms with Gasteiger partial charge in [0, 0.05) is 29.0 Å². The lowest BCUT2D eigenvalue weighted by molar-refractivity contribution is -0.139. The number of aliphatic carboxylic acids is 1. The molecule has 0 saturated carbocycles. The van der Waals surface area contributed by atoms with Gasteiger partial charge in [0.2, 0.25) is 0 Å². The van der Waals surface area contributed by atoms with Crippen LogP contribution in [0.5, 0.6) is 17.2 Å². The van der Waals surface area contributed by atoms with Crippen molar-refractivity contribution in [3.05, 3.63) is 100 Å². The van der Waals surface area contributed by atoms with Crippen molar-refractivity contribution in [1.82, 2.24) is 9.97 Å². The number of Topliss-reactive ketones (excluding diaryl/α,β-unsaturated/α-hetero) is 1. The van der Waals surface area contributed by atoms with Gasteiger partial charge in [-0.25, -0.2) is 9.97 Å². The molecule has 1 unspecified atom stereocenters. The van der Waals surface area contributed by atoms with Crippen LogP contribution < -0.4 is 9.47 Å². The molecular weight excluding hydrogens is 549 g/mol. The molecule has 1 N–H and O–H groups in total. The zero-order valence-corrected chi connectivity index (χ0v) is 21.4. The largest absolute Gasteiger partial charge is 0.493 e. The van der Waals surface area contributed by atoms with E-state index in [0.717, 1.165) is 12.1 Å². The Morgan fingerprint density at radius 2 is 1.77 bits per heavy atom. The van der Waals surface area contributed by atoms with E-state index in [0.29, 0.717) is 40.3 Å². The average molecular weight is 569 g/mol. The Morgan fingerprint density at radius 1 is 1.05 bits per heavy atom. The van der Waals surface area contributed by atoms with Crippen molar-refractivity contribution in [2.75, 3.05) is 6.61 Å². The number of rotatable bonds is 7. The van der Waals surface area contributed by atoms with Crippen LogP contribution in [0.4, 0.5) is 13.2 Å². The number of carbonyl (C=O) groups excluding carboxylic acids is 1. The predicted molar refractivity (Wildman–Crippen MR) is 139 cm³/mol. The normalized spacial score (nSPS) is 14.7. The molecule has 0 aliphatic carbocycles. The first-order valence-corrected chi connectivity index (χ1v) is 12.5. The maximum absolute atomic E-state index is 12.9. The number of fused-ring (bicyclic) bond motifs is 1. The summed E-state index contributed by atoms with van der Waals surface area (Å²) in [6, 6.07) is 15.5. The quantitative estimate of drug-likeness (QED) is 0.240. The van der Waals surface area contributed by atoms with Crippen LogP contribution in [0.15, 0.2) is 72.9 Å². The highest BCUT2D eigenvalue weighted by molar-refractivity contribution is 6.32. The number of nitrogens with zero attached hydrogens (tertiary/aromatic N) is 2. The number of hydrogen-bond acceptors (Lipinski definition) is 6. The molecule has 4 aromatic rings. The summed E-state index contributed by atoms with van der Waals surface area (Å²) in [6.45, 7) is 0.263. The molecule has 11 heteroatoms. The summed E-state index contributed by atoms with van der Waals surface area (Å²) in [5.41, 5.74) is 0.968. The van der Waals surface area contributed by atoms with Gasteiger partial charge < -0.3 is 14.6 Å². The zero-order valence-electron chi connectivity index (χ0n) is 20.6. The standard InChI is InChI=1S/C29H20ClF3N2O5/c30-22-13-21-20(28(37)38)10-12-39-25(21)15-26(22)40-19-7-3-17(4-8-19)24(36)14-27-34-11-9-23(35-27)16-1-5-18(6-2-16)29(31,32)33/h1-9,11,13,15,20H,10,12,14H2,(H,37,38). The fourth-order valence-corrected chi connectivity index (χ4v) is 4.49. The van der Waals surface area contributed by atoms with Crippen LogP contribution >= 0.6 is 11.6 Å². The van der Waals surface area contributed by atoms with Gasteiger partial charge in [0.15, 0.2) is 5.78 Å². The maximum atomic E-state index is 12.9. The maximum Gasteiger partial charge on any atom is 0.416 e. The highest BCUT2D eigenvalue weighted by atomic mass is 35.5. The molecule has 7 nitrogen and oxygen atoms in total. The third-order valence-corrected chi connectivity index (χ3v) is 6.63. The highest BCUT2D eigenvalue weighted by Gasteiger charge is 2.30. The Kier molecular flexibility index (Phi) is 7.44. The van der Waals surface area contributed by atoms with Crippen molar-refractivity contribution in [3.63, 3.8) is 0 Å². The Balaban J connectivity index is 1.27. The van der Waals surface area contributed by atoms with E-state index in [-0.39, 0.29) is 35.4 Å². The molecule has 5 rings (SSSR count). The van der Waals surface area contributed by atoms with Gasteiger partial charge in [-0.3, -0.25) is 9.59 Å². The summed E-state index contributed by atoms with van der Waals surface area (Å²) in [5, 5.41) is 9.67. The smallest absolute Gasteiger partial charge is 0.416 e. The van der Waals surface area contributed by atoms with E-state index in [2.05, 4.69) is 9.97 Å². The number of halogens is 4. The number of benzene rings is 3. The second-order valence-corrected chi connectivity index (χ2v) is 9.42. The molecule has 0 amide bonds. The lowest BCUT2D eigenvalue weighted by Gasteiger charge is -2.24. The topological polar surface area (TPSA) is 98.6 Å². The number of carbonyl (C=O) groups is 2. The number of carboxylic acids is 1. The monoisotopic (exact) mass is 568 g/mol. The van der Waals surface area contributed by atoms with Gasteiger partial charge in [-0.1, -0.05) is 23.7 Å². The van der Waals surface area contributed by atoms with Gasteiger partial charge in [0.1, 0.15) is 23.1 Å². The molecule has 1 aliphatic rings. The fraction of sp³-hybridized carbons (Fsp3) is 0.172.